The average molecular weight is 256 g/mol. The van der Waals surface area contributed by atoms with Crippen molar-refractivity contribution >= 4 is 5.91 Å². The number of nitrogens with one attached hydrogen (secondary N) is 1. The van der Waals surface area contributed by atoms with Crippen LogP contribution < -0.4 is 5.32 Å². The van der Waals surface area contributed by atoms with Gasteiger partial charge in [-0.3, -0.25) is 4.79 Å². The molecular weight excluding hydrogens is 232 g/mol. The number of nitrogens with zero attached hydrogens (tertiary/aromatic N) is 1. The molecule has 18 heavy (non-hydrogen) atoms. The molecule has 0 aromatic carbocycles. The summed E-state index contributed by atoms with van der Waals surface area (Å²) in [5.41, 5.74) is -0.633. The highest BCUT2D eigenvalue weighted by Crippen LogP contribution is 2.24. The Labute approximate surface area is 108 Å². The minimum Gasteiger partial charge on any atom is -0.386 e. The van der Waals surface area contributed by atoms with Crippen LogP contribution in [0.1, 0.15) is 32.6 Å². The fraction of sp³-hybridized carbons (Fsp3) is 0.923. The van der Waals surface area contributed by atoms with E-state index in [1.807, 2.05) is 6.92 Å². The number of carbonyl (C=O) groups is 1. The molecule has 0 aromatic heterocycles. The summed E-state index contributed by atoms with van der Waals surface area (Å²) in [4.78, 5) is 13.5. The first kappa shape index (κ1) is 13.8. The molecule has 0 spiro atoms. The summed E-state index contributed by atoms with van der Waals surface area (Å²) in [6, 6.07) is 0. The zero-order valence-electron chi connectivity index (χ0n) is 11.2. The molecule has 5 nitrogen and oxygen atoms in total. The summed E-state index contributed by atoms with van der Waals surface area (Å²) < 4.78 is 5.70. The van der Waals surface area contributed by atoms with Crippen LogP contribution in [-0.2, 0) is 9.53 Å². The van der Waals surface area contributed by atoms with Crippen LogP contribution in [0.25, 0.3) is 0 Å². The molecule has 0 aromatic rings. The minimum absolute atomic E-state index is 0.0991. The van der Waals surface area contributed by atoms with Crippen LogP contribution in [-0.4, -0.2) is 60.4 Å². The van der Waals surface area contributed by atoms with Crippen LogP contribution in [0.3, 0.4) is 0 Å². The lowest BCUT2D eigenvalue weighted by Crippen LogP contribution is -2.63. The predicted molar refractivity (Wildman–Crippen MR) is 68.3 cm³/mol. The van der Waals surface area contributed by atoms with Crippen LogP contribution in [0.2, 0.25) is 0 Å². The molecule has 1 amide bonds. The van der Waals surface area contributed by atoms with Gasteiger partial charge in [-0.05, 0) is 32.4 Å². The van der Waals surface area contributed by atoms with Gasteiger partial charge in [0.15, 0.2) is 0 Å². The van der Waals surface area contributed by atoms with E-state index in [0.29, 0.717) is 38.6 Å². The van der Waals surface area contributed by atoms with E-state index in [2.05, 4.69) is 5.32 Å². The van der Waals surface area contributed by atoms with Crippen molar-refractivity contribution in [2.75, 3.05) is 32.8 Å². The second-order valence-corrected chi connectivity index (χ2v) is 5.40. The third kappa shape index (κ3) is 3.43. The smallest absolute Gasteiger partial charge is 0.225 e. The molecule has 2 heterocycles. The molecule has 2 aliphatic heterocycles. The Balaban J connectivity index is 1.58. The Morgan fingerprint density at radius 2 is 2.11 bits per heavy atom. The van der Waals surface area contributed by atoms with Gasteiger partial charge in [0.05, 0.1) is 37.8 Å². The van der Waals surface area contributed by atoms with Crippen molar-refractivity contribution in [1.29, 1.82) is 0 Å². The third-order valence-corrected chi connectivity index (χ3v) is 3.94. The number of ether oxygens (including phenoxy) is 1. The standard InChI is InChI=1S/C13H24N2O3/c1-2-13(17)9-15(10-13)12(16)5-8-18-11-3-6-14-7-4-11/h11,14,17H,2-10H2,1H3. The van der Waals surface area contributed by atoms with Gasteiger partial charge in [0.25, 0.3) is 0 Å². The number of carbonyl (C=O) groups excluding carboxylic acids is 1. The third-order valence-electron chi connectivity index (χ3n) is 3.94. The highest BCUT2D eigenvalue weighted by atomic mass is 16.5. The Morgan fingerprint density at radius 1 is 1.44 bits per heavy atom. The van der Waals surface area contributed by atoms with Gasteiger partial charge < -0.3 is 20.1 Å². The van der Waals surface area contributed by atoms with Crippen molar-refractivity contribution in [3.8, 4) is 0 Å². The molecular formula is C13H24N2O3. The van der Waals surface area contributed by atoms with Gasteiger partial charge in [0.1, 0.15) is 0 Å². The predicted octanol–water partition coefficient (Wildman–Crippen LogP) is 0.128. The summed E-state index contributed by atoms with van der Waals surface area (Å²) in [5.74, 6) is 0.0991. The summed E-state index contributed by atoms with van der Waals surface area (Å²) >= 11 is 0. The highest BCUT2D eigenvalue weighted by molar-refractivity contribution is 5.77. The molecule has 0 aliphatic carbocycles. The Bertz CT molecular complexity index is 284. The van der Waals surface area contributed by atoms with Crippen LogP contribution in [0.4, 0.5) is 0 Å². The number of hydrogen-bond acceptors (Lipinski definition) is 4. The van der Waals surface area contributed by atoms with Crippen molar-refractivity contribution in [2.45, 2.75) is 44.3 Å². The van der Waals surface area contributed by atoms with Crippen LogP contribution in [0.15, 0.2) is 0 Å². The van der Waals surface area contributed by atoms with E-state index in [1.54, 1.807) is 4.90 Å². The maximum Gasteiger partial charge on any atom is 0.225 e. The average Bonchev–Trinajstić information content (AvgIpc) is 2.36. The number of β-amino-alcohol motifs (C(OH)–C–C–N with tert-alkyl or cyclic N) is 1. The number of likely N-dealkylation sites (tertiary alicyclic amines) is 1. The quantitative estimate of drug-likeness (QED) is 0.734. The maximum atomic E-state index is 11.8. The van der Waals surface area contributed by atoms with Crippen molar-refractivity contribution in [3.63, 3.8) is 0 Å². The first-order valence-corrected chi connectivity index (χ1v) is 6.95. The molecule has 2 saturated heterocycles. The fourth-order valence-corrected chi connectivity index (χ4v) is 2.50. The second kappa shape index (κ2) is 5.99. The maximum absolute atomic E-state index is 11.8. The molecule has 0 bridgehead atoms. The number of amides is 1. The van der Waals surface area contributed by atoms with E-state index < -0.39 is 5.60 Å². The van der Waals surface area contributed by atoms with Crippen molar-refractivity contribution in [2.24, 2.45) is 0 Å². The largest absolute Gasteiger partial charge is 0.386 e. The molecule has 0 radical (unpaired) electrons. The van der Waals surface area contributed by atoms with Gasteiger partial charge in [-0.25, -0.2) is 0 Å². The Kier molecular flexibility index (Phi) is 4.59. The topological polar surface area (TPSA) is 61.8 Å². The molecule has 2 rings (SSSR count). The Hall–Kier alpha value is -0.650. The molecule has 2 fully saturated rings. The molecule has 0 saturated carbocycles. The van der Waals surface area contributed by atoms with E-state index in [0.717, 1.165) is 25.9 Å². The van der Waals surface area contributed by atoms with Crippen LogP contribution >= 0.6 is 0 Å². The number of rotatable bonds is 5. The van der Waals surface area contributed by atoms with Crippen LogP contribution in [0, 0.1) is 0 Å². The molecule has 104 valence electrons. The normalized spacial score (nSPS) is 23.8. The lowest BCUT2D eigenvalue weighted by atomic mass is 9.91. The monoisotopic (exact) mass is 256 g/mol. The van der Waals surface area contributed by atoms with E-state index in [4.69, 9.17) is 4.74 Å². The van der Waals surface area contributed by atoms with Crippen molar-refractivity contribution in [1.82, 2.24) is 10.2 Å². The van der Waals surface area contributed by atoms with E-state index in [9.17, 15) is 9.90 Å². The summed E-state index contributed by atoms with van der Waals surface area (Å²) in [6.07, 6.45) is 3.52. The van der Waals surface area contributed by atoms with Gasteiger partial charge in [-0.15, -0.1) is 0 Å². The first-order valence-electron chi connectivity index (χ1n) is 6.95. The summed E-state index contributed by atoms with van der Waals surface area (Å²) in [7, 11) is 0. The highest BCUT2D eigenvalue weighted by Gasteiger charge is 2.41. The summed E-state index contributed by atoms with van der Waals surface area (Å²) in [6.45, 7) is 5.43. The van der Waals surface area contributed by atoms with E-state index in [1.165, 1.54) is 0 Å². The van der Waals surface area contributed by atoms with E-state index >= 15 is 0 Å². The molecule has 2 aliphatic rings. The lowest BCUT2D eigenvalue weighted by molar-refractivity contribution is -0.157. The summed E-state index contributed by atoms with van der Waals surface area (Å²) in [5, 5.41) is 13.1. The Morgan fingerprint density at radius 3 is 2.72 bits per heavy atom. The zero-order valence-corrected chi connectivity index (χ0v) is 11.2. The van der Waals surface area contributed by atoms with Gasteiger partial charge in [0, 0.05) is 0 Å². The van der Waals surface area contributed by atoms with Gasteiger partial charge in [-0.2, -0.15) is 0 Å². The van der Waals surface area contributed by atoms with E-state index in [-0.39, 0.29) is 5.91 Å². The fourth-order valence-electron chi connectivity index (χ4n) is 2.50. The van der Waals surface area contributed by atoms with Gasteiger partial charge in [-0.1, -0.05) is 6.92 Å². The molecule has 0 unspecified atom stereocenters. The SMILES string of the molecule is CCC1(O)CN(C(=O)CCOC2CCNCC2)C1. The minimum atomic E-state index is -0.633. The second-order valence-electron chi connectivity index (χ2n) is 5.40. The van der Waals surface area contributed by atoms with Crippen molar-refractivity contribution < 1.29 is 14.6 Å². The van der Waals surface area contributed by atoms with Crippen LogP contribution in [0.5, 0.6) is 0 Å². The zero-order chi connectivity index (χ0) is 13.0. The number of piperidine rings is 1. The van der Waals surface area contributed by atoms with Crippen molar-refractivity contribution in [3.05, 3.63) is 0 Å². The molecule has 2 N–H and O–H groups in total. The molecule has 0 atom stereocenters. The first-order chi connectivity index (χ1) is 8.63. The van der Waals surface area contributed by atoms with Gasteiger partial charge in [0.2, 0.25) is 5.91 Å². The number of hydrogen-bond donors (Lipinski definition) is 2. The lowest BCUT2D eigenvalue weighted by Gasteiger charge is -2.46. The van der Waals surface area contributed by atoms with Gasteiger partial charge >= 0.3 is 0 Å². The number of aliphatic hydroxyl groups is 1. The molecule has 5 heteroatoms.